The molecule has 7 heteroatoms. The number of anilines is 1. The van der Waals surface area contributed by atoms with Gasteiger partial charge in [0, 0.05) is 30.9 Å². The van der Waals surface area contributed by atoms with Crippen LogP contribution in [0.15, 0.2) is 45.6 Å². The number of hydrogen-bond donors (Lipinski definition) is 1. The maximum Gasteiger partial charge on any atom is 0.265 e. The number of aryl methyl sites for hydroxylation is 2. The second-order valence-electron chi connectivity index (χ2n) is 10.4. The van der Waals surface area contributed by atoms with Gasteiger partial charge in [-0.15, -0.1) is 0 Å². The molecule has 1 aliphatic heterocycles. The first-order valence-electron chi connectivity index (χ1n) is 12.2. The number of carbonyl (C=O) groups excluding carboxylic acids is 1. The highest BCUT2D eigenvalue weighted by Gasteiger charge is 2.38. The van der Waals surface area contributed by atoms with Crippen molar-refractivity contribution in [2.45, 2.75) is 51.9 Å². The lowest BCUT2D eigenvalue weighted by molar-refractivity contribution is 0.0999. The minimum Gasteiger partial charge on any atom is -0.440 e. The summed E-state index contributed by atoms with van der Waals surface area (Å²) >= 11 is 0. The molecule has 1 fully saturated rings. The van der Waals surface area contributed by atoms with Crippen LogP contribution in [0.3, 0.4) is 0 Å². The van der Waals surface area contributed by atoms with E-state index in [2.05, 4.69) is 37.8 Å². The SMILES string of the molecule is Cc1ccc2c(c1)c(N1CCC(C)(c3nc4cc(C(C)C)ccc4o3)CC1)c(C(N)=O)c(=O)n2C. The Labute approximate surface area is 204 Å². The summed E-state index contributed by atoms with van der Waals surface area (Å²) in [7, 11) is 1.68. The summed E-state index contributed by atoms with van der Waals surface area (Å²) in [6.45, 7) is 9.83. The van der Waals surface area contributed by atoms with Gasteiger partial charge in [-0.1, -0.05) is 38.5 Å². The van der Waals surface area contributed by atoms with Crippen molar-refractivity contribution in [1.82, 2.24) is 9.55 Å². The zero-order valence-corrected chi connectivity index (χ0v) is 21.0. The summed E-state index contributed by atoms with van der Waals surface area (Å²) < 4.78 is 7.72. The lowest BCUT2D eigenvalue weighted by atomic mass is 9.80. The number of nitrogens with zero attached hydrogens (tertiary/aromatic N) is 3. The van der Waals surface area contributed by atoms with Gasteiger partial charge in [0.05, 0.1) is 11.2 Å². The molecule has 1 amide bonds. The fourth-order valence-corrected chi connectivity index (χ4v) is 5.20. The van der Waals surface area contributed by atoms with Crippen molar-refractivity contribution in [3.8, 4) is 0 Å². The number of carbonyl (C=O) groups is 1. The monoisotopic (exact) mass is 472 g/mol. The van der Waals surface area contributed by atoms with Crippen LogP contribution in [-0.2, 0) is 12.5 Å². The number of rotatable bonds is 4. The van der Waals surface area contributed by atoms with Crippen LogP contribution in [0.25, 0.3) is 22.0 Å². The molecule has 4 aromatic rings. The van der Waals surface area contributed by atoms with Gasteiger partial charge in [0.25, 0.3) is 11.5 Å². The van der Waals surface area contributed by atoms with Crippen molar-refractivity contribution in [2.75, 3.05) is 18.0 Å². The van der Waals surface area contributed by atoms with Crippen LogP contribution in [0.1, 0.15) is 66.9 Å². The Hall–Kier alpha value is -3.61. The highest BCUT2D eigenvalue weighted by atomic mass is 16.3. The number of fused-ring (bicyclic) bond motifs is 2. The van der Waals surface area contributed by atoms with Crippen LogP contribution >= 0.6 is 0 Å². The largest absolute Gasteiger partial charge is 0.440 e. The number of piperidine rings is 1. The average Bonchev–Trinajstić information content (AvgIpc) is 3.26. The van der Waals surface area contributed by atoms with Gasteiger partial charge in [0.15, 0.2) is 5.58 Å². The molecule has 5 rings (SSSR count). The van der Waals surface area contributed by atoms with Crippen molar-refractivity contribution >= 4 is 33.6 Å². The number of pyridine rings is 1. The second-order valence-corrected chi connectivity index (χ2v) is 10.4. The molecule has 0 bridgehead atoms. The van der Waals surface area contributed by atoms with Crippen LogP contribution in [-0.4, -0.2) is 28.5 Å². The summed E-state index contributed by atoms with van der Waals surface area (Å²) in [5.74, 6) is 0.472. The van der Waals surface area contributed by atoms with E-state index < -0.39 is 5.91 Å². The van der Waals surface area contributed by atoms with E-state index in [1.54, 1.807) is 7.05 Å². The van der Waals surface area contributed by atoms with Crippen LogP contribution < -0.4 is 16.2 Å². The highest BCUT2D eigenvalue weighted by Crippen LogP contribution is 2.40. The predicted octanol–water partition coefficient (Wildman–Crippen LogP) is 4.77. The molecule has 35 heavy (non-hydrogen) atoms. The number of nitrogens with two attached hydrogens (primary N) is 1. The predicted molar refractivity (Wildman–Crippen MR) is 139 cm³/mol. The Morgan fingerprint density at radius 1 is 1.14 bits per heavy atom. The molecule has 2 aromatic heterocycles. The van der Waals surface area contributed by atoms with Crippen molar-refractivity contribution in [1.29, 1.82) is 0 Å². The van der Waals surface area contributed by atoms with E-state index >= 15 is 0 Å². The Balaban J connectivity index is 1.52. The zero-order valence-electron chi connectivity index (χ0n) is 21.0. The van der Waals surface area contributed by atoms with Gasteiger partial charge in [0.2, 0.25) is 5.89 Å². The molecular formula is C28H32N4O3. The van der Waals surface area contributed by atoms with Crippen molar-refractivity contribution < 1.29 is 9.21 Å². The number of primary amides is 1. The normalized spacial score (nSPS) is 15.9. The first-order valence-corrected chi connectivity index (χ1v) is 12.2. The van der Waals surface area contributed by atoms with Gasteiger partial charge in [-0.25, -0.2) is 4.98 Å². The second kappa shape index (κ2) is 8.26. The van der Waals surface area contributed by atoms with E-state index in [-0.39, 0.29) is 16.5 Å². The first kappa shape index (κ1) is 23.1. The molecule has 3 heterocycles. The summed E-state index contributed by atoms with van der Waals surface area (Å²) in [6, 6.07) is 12.1. The zero-order chi connectivity index (χ0) is 25.1. The number of benzene rings is 2. The fourth-order valence-electron chi connectivity index (χ4n) is 5.20. The quantitative estimate of drug-likeness (QED) is 0.462. The van der Waals surface area contributed by atoms with E-state index in [4.69, 9.17) is 15.1 Å². The third-order valence-corrected chi connectivity index (χ3v) is 7.55. The van der Waals surface area contributed by atoms with Gasteiger partial charge in [-0.05, 0) is 55.5 Å². The van der Waals surface area contributed by atoms with Gasteiger partial charge in [-0.3, -0.25) is 9.59 Å². The van der Waals surface area contributed by atoms with Crippen LogP contribution in [0.5, 0.6) is 0 Å². The highest BCUT2D eigenvalue weighted by molar-refractivity contribution is 6.07. The molecule has 1 saturated heterocycles. The number of amides is 1. The summed E-state index contributed by atoms with van der Waals surface area (Å²) in [4.78, 5) is 32.6. The third-order valence-electron chi connectivity index (χ3n) is 7.55. The molecule has 182 valence electrons. The molecule has 7 nitrogen and oxygen atoms in total. The molecule has 0 aliphatic carbocycles. The van der Waals surface area contributed by atoms with Gasteiger partial charge in [0.1, 0.15) is 11.1 Å². The molecular weight excluding hydrogens is 440 g/mol. The molecule has 0 saturated carbocycles. The minimum absolute atomic E-state index is 0.0530. The van der Waals surface area contributed by atoms with Gasteiger partial charge >= 0.3 is 0 Å². The minimum atomic E-state index is -0.697. The lowest BCUT2D eigenvalue weighted by Crippen LogP contribution is -2.43. The summed E-state index contributed by atoms with van der Waals surface area (Å²) in [5, 5.41) is 0.868. The van der Waals surface area contributed by atoms with Gasteiger partial charge < -0.3 is 19.6 Å². The van der Waals surface area contributed by atoms with E-state index in [0.29, 0.717) is 24.7 Å². The maximum absolute atomic E-state index is 13.1. The number of hydrogen-bond acceptors (Lipinski definition) is 5. The van der Waals surface area contributed by atoms with Crippen molar-refractivity contribution in [2.24, 2.45) is 12.8 Å². The molecule has 2 aromatic carbocycles. The molecule has 0 radical (unpaired) electrons. The topological polar surface area (TPSA) is 94.4 Å². The van der Waals surface area contributed by atoms with Crippen molar-refractivity contribution in [3.63, 3.8) is 0 Å². The third kappa shape index (κ3) is 3.79. The Morgan fingerprint density at radius 2 is 1.86 bits per heavy atom. The van der Waals surface area contributed by atoms with E-state index in [1.165, 1.54) is 10.1 Å². The maximum atomic E-state index is 13.1. The molecule has 2 N–H and O–H groups in total. The van der Waals surface area contributed by atoms with Crippen LogP contribution in [0.4, 0.5) is 5.69 Å². The number of oxazole rings is 1. The van der Waals surface area contributed by atoms with Crippen LogP contribution in [0.2, 0.25) is 0 Å². The molecule has 0 spiro atoms. The average molecular weight is 473 g/mol. The Kier molecular flexibility index (Phi) is 5.46. The summed E-state index contributed by atoms with van der Waals surface area (Å²) in [5.41, 5.74) is 10.6. The Bertz CT molecular complexity index is 1520. The smallest absolute Gasteiger partial charge is 0.265 e. The van der Waals surface area contributed by atoms with Crippen molar-refractivity contribution in [3.05, 3.63) is 69.3 Å². The number of aromatic nitrogens is 2. The van der Waals surface area contributed by atoms with E-state index in [1.807, 2.05) is 31.2 Å². The lowest BCUT2D eigenvalue weighted by Gasteiger charge is -2.39. The first-order chi connectivity index (χ1) is 16.6. The van der Waals surface area contributed by atoms with Gasteiger partial charge in [-0.2, -0.15) is 0 Å². The van der Waals surface area contributed by atoms with Crippen LogP contribution in [0, 0.1) is 6.92 Å². The van der Waals surface area contributed by atoms with E-state index in [9.17, 15) is 9.59 Å². The van der Waals surface area contributed by atoms with E-state index in [0.717, 1.165) is 46.3 Å². The standard InChI is InChI=1S/C28H32N4O3/c1-16(2)18-7-9-22-20(15-18)30-27(35-22)28(4)10-12-32(13-11-28)24-19-14-17(3)6-8-21(19)31(5)26(34)23(24)25(29)33/h6-9,14-16H,10-13H2,1-5H3,(H2,29,33). The summed E-state index contributed by atoms with van der Waals surface area (Å²) in [6.07, 6.45) is 1.55. The molecule has 1 aliphatic rings. The fraction of sp³-hybridized carbons (Fsp3) is 0.393. The Morgan fingerprint density at radius 3 is 2.51 bits per heavy atom. The molecule has 0 atom stereocenters. The molecule has 0 unspecified atom stereocenters.